The van der Waals surface area contributed by atoms with Crippen LogP contribution < -0.4 is 5.73 Å². The zero-order chi connectivity index (χ0) is 13.1. The van der Waals surface area contributed by atoms with E-state index in [2.05, 4.69) is 0 Å². The molecule has 2 heterocycles. The number of carbonyl (C=O) groups excluding carboxylic acids is 2. The van der Waals surface area contributed by atoms with Gasteiger partial charge in [0.05, 0.1) is 25.5 Å². The smallest absolute Gasteiger partial charge is 0.237 e. The van der Waals surface area contributed by atoms with Gasteiger partial charge in [-0.2, -0.15) is 0 Å². The molecule has 0 spiro atoms. The van der Waals surface area contributed by atoms with Crippen molar-refractivity contribution in [2.24, 2.45) is 12.8 Å². The highest BCUT2D eigenvalue weighted by molar-refractivity contribution is 5.96. The molecule has 0 aliphatic carbocycles. The minimum Gasteiger partial charge on any atom is -0.378 e. The van der Waals surface area contributed by atoms with Crippen molar-refractivity contribution in [2.75, 3.05) is 26.3 Å². The Bertz CT molecular complexity index is 455. The molecule has 1 aliphatic rings. The average Bonchev–Trinajstić information content (AvgIpc) is 2.76. The van der Waals surface area contributed by atoms with Gasteiger partial charge in [-0.25, -0.2) is 0 Å². The van der Waals surface area contributed by atoms with Gasteiger partial charge in [0.25, 0.3) is 0 Å². The predicted octanol–water partition coefficient (Wildman–Crippen LogP) is -0.606. The Balaban J connectivity index is 2.05. The zero-order valence-corrected chi connectivity index (χ0v) is 10.3. The van der Waals surface area contributed by atoms with Crippen molar-refractivity contribution in [3.63, 3.8) is 0 Å². The summed E-state index contributed by atoms with van der Waals surface area (Å²) in [6.45, 7) is 1.51. The van der Waals surface area contributed by atoms with Gasteiger partial charge >= 0.3 is 0 Å². The number of carbonyl (C=O) groups is 2. The normalized spacial score (nSPS) is 20.8. The molecule has 1 aromatic heterocycles. The Morgan fingerprint density at radius 3 is 2.94 bits per heavy atom. The summed E-state index contributed by atoms with van der Waals surface area (Å²) in [7, 11) is 1.82. The van der Waals surface area contributed by atoms with E-state index in [1.807, 2.05) is 19.3 Å². The predicted molar refractivity (Wildman–Crippen MR) is 65.1 cm³/mol. The maximum atomic E-state index is 12.1. The number of aryl methyl sites for hydroxylation is 1. The first-order valence-electron chi connectivity index (χ1n) is 5.85. The third-order valence-electron chi connectivity index (χ3n) is 3.14. The second kappa shape index (κ2) is 5.32. The van der Waals surface area contributed by atoms with E-state index < -0.39 is 11.9 Å². The number of hydrogen-bond acceptors (Lipinski definition) is 4. The number of primary amides is 1. The van der Waals surface area contributed by atoms with Crippen LogP contribution in [0.2, 0.25) is 0 Å². The van der Waals surface area contributed by atoms with E-state index in [-0.39, 0.29) is 18.9 Å². The van der Waals surface area contributed by atoms with Crippen LogP contribution in [-0.2, 0) is 16.6 Å². The SMILES string of the molecule is Cn1cccc1C(=O)CN1CCOCC1C(N)=O. The van der Waals surface area contributed by atoms with Crippen LogP contribution in [0.4, 0.5) is 0 Å². The molecule has 1 aromatic rings. The fourth-order valence-corrected chi connectivity index (χ4v) is 2.11. The number of aromatic nitrogens is 1. The first-order chi connectivity index (χ1) is 8.59. The number of nitrogens with zero attached hydrogens (tertiary/aromatic N) is 2. The molecule has 0 radical (unpaired) electrons. The van der Waals surface area contributed by atoms with Crippen LogP contribution in [0.15, 0.2) is 18.3 Å². The number of hydrogen-bond donors (Lipinski definition) is 1. The number of Topliss-reactive ketones (excluding diaryl/α,β-unsaturated/α-hetero) is 1. The van der Waals surface area contributed by atoms with Crippen LogP contribution in [0.5, 0.6) is 0 Å². The third-order valence-corrected chi connectivity index (χ3v) is 3.14. The van der Waals surface area contributed by atoms with Crippen LogP contribution in [0.1, 0.15) is 10.5 Å². The van der Waals surface area contributed by atoms with Gasteiger partial charge in [-0.05, 0) is 12.1 Å². The quantitative estimate of drug-likeness (QED) is 0.724. The molecule has 2 N–H and O–H groups in total. The molecular formula is C12H17N3O3. The number of ether oxygens (including phenoxy) is 1. The van der Waals surface area contributed by atoms with Crippen molar-refractivity contribution in [2.45, 2.75) is 6.04 Å². The minimum atomic E-state index is -0.511. The Morgan fingerprint density at radius 2 is 2.33 bits per heavy atom. The molecule has 1 aliphatic heterocycles. The molecule has 2 rings (SSSR count). The van der Waals surface area contributed by atoms with Gasteiger partial charge < -0.3 is 15.0 Å². The summed E-state index contributed by atoms with van der Waals surface area (Å²) in [4.78, 5) is 25.2. The summed E-state index contributed by atoms with van der Waals surface area (Å²) in [6, 6.07) is 3.07. The van der Waals surface area contributed by atoms with E-state index in [0.717, 1.165) is 0 Å². The number of morpholine rings is 1. The van der Waals surface area contributed by atoms with Crippen molar-refractivity contribution in [1.82, 2.24) is 9.47 Å². The molecule has 0 aromatic carbocycles. The molecule has 0 saturated carbocycles. The molecule has 0 bridgehead atoms. The molecule has 1 amide bonds. The largest absolute Gasteiger partial charge is 0.378 e. The van der Waals surface area contributed by atoms with Gasteiger partial charge in [0.2, 0.25) is 5.91 Å². The Labute approximate surface area is 105 Å². The fourth-order valence-electron chi connectivity index (χ4n) is 2.11. The molecule has 18 heavy (non-hydrogen) atoms. The highest BCUT2D eigenvalue weighted by Crippen LogP contribution is 2.09. The lowest BCUT2D eigenvalue weighted by Gasteiger charge is -2.32. The Kier molecular flexibility index (Phi) is 3.78. The molecule has 1 unspecified atom stereocenters. The van der Waals surface area contributed by atoms with Gasteiger partial charge in [0.15, 0.2) is 5.78 Å². The number of rotatable bonds is 4. The van der Waals surface area contributed by atoms with Crippen molar-refractivity contribution in [3.8, 4) is 0 Å². The van der Waals surface area contributed by atoms with Gasteiger partial charge in [0.1, 0.15) is 6.04 Å². The Hall–Kier alpha value is -1.66. The van der Waals surface area contributed by atoms with Crippen LogP contribution in [0.3, 0.4) is 0 Å². The van der Waals surface area contributed by atoms with Crippen molar-refractivity contribution >= 4 is 11.7 Å². The van der Waals surface area contributed by atoms with Crippen LogP contribution in [-0.4, -0.2) is 53.5 Å². The average molecular weight is 251 g/mol. The summed E-state index contributed by atoms with van der Waals surface area (Å²) in [6.07, 6.45) is 1.82. The standard InChI is InChI=1S/C12H17N3O3/c1-14-4-2-3-9(14)11(16)7-15-5-6-18-8-10(15)12(13)17/h2-4,10H,5-8H2,1H3,(H2,13,17). The molecule has 98 valence electrons. The summed E-state index contributed by atoms with van der Waals surface area (Å²) < 4.78 is 6.98. The van der Waals surface area contributed by atoms with Gasteiger partial charge in [-0.1, -0.05) is 0 Å². The highest BCUT2D eigenvalue weighted by atomic mass is 16.5. The van der Waals surface area contributed by atoms with E-state index in [1.165, 1.54) is 0 Å². The molecule has 1 atom stereocenters. The summed E-state index contributed by atoms with van der Waals surface area (Å²) in [5.41, 5.74) is 5.93. The summed E-state index contributed by atoms with van der Waals surface area (Å²) in [5.74, 6) is -0.468. The van der Waals surface area contributed by atoms with E-state index in [1.54, 1.807) is 15.5 Å². The number of amides is 1. The van der Waals surface area contributed by atoms with Crippen LogP contribution >= 0.6 is 0 Å². The lowest BCUT2D eigenvalue weighted by molar-refractivity contribution is -0.128. The zero-order valence-electron chi connectivity index (χ0n) is 10.3. The first-order valence-corrected chi connectivity index (χ1v) is 5.85. The van der Waals surface area contributed by atoms with E-state index in [4.69, 9.17) is 10.5 Å². The van der Waals surface area contributed by atoms with Crippen LogP contribution in [0, 0.1) is 0 Å². The van der Waals surface area contributed by atoms with Crippen molar-refractivity contribution in [1.29, 1.82) is 0 Å². The van der Waals surface area contributed by atoms with Gasteiger partial charge in [-0.3, -0.25) is 14.5 Å². The highest BCUT2D eigenvalue weighted by Gasteiger charge is 2.29. The maximum absolute atomic E-state index is 12.1. The van der Waals surface area contributed by atoms with Gasteiger partial charge in [-0.15, -0.1) is 0 Å². The Morgan fingerprint density at radius 1 is 1.56 bits per heavy atom. The monoisotopic (exact) mass is 251 g/mol. The lowest BCUT2D eigenvalue weighted by Crippen LogP contribution is -2.53. The minimum absolute atomic E-state index is 0.0179. The van der Waals surface area contributed by atoms with Gasteiger partial charge in [0, 0.05) is 19.8 Å². The van der Waals surface area contributed by atoms with E-state index >= 15 is 0 Å². The molecule has 6 heteroatoms. The fraction of sp³-hybridized carbons (Fsp3) is 0.500. The summed E-state index contributed by atoms with van der Waals surface area (Å²) >= 11 is 0. The molecular weight excluding hydrogens is 234 g/mol. The van der Waals surface area contributed by atoms with E-state index in [0.29, 0.717) is 18.8 Å². The maximum Gasteiger partial charge on any atom is 0.237 e. The second-order valence-electron chi connectivity index (χ2n) is 4.39. The van der Waals surface area contributed by atoms with Crippen molar-refractivity contribution in [3.05, 3.63) is 24.0 Å². The summed E-state index contributed by atoms with van der Waals surface area (Å²) in [5, 5.41) is 0. The van der Waals surface area contributed by atoms with E-state index in [9.17, 15) is 9.59 Å². The van der Waals surface area contributed by atoms with Crippen molar-refractivity contribution < 1.29 is 14.3 Å². The second-order valence-corrected chi connectivity index (χ2v) is 4.39. The number of nitrogens with two attached hydrogens (primary N) is 1. The third kappa shape index (κ3) is 2.60. The lowest BCUT2D eigenvalue weighted by atomic mass is 10.2. The molecule has 1 saturated heterocycles. The first kappa shape index (κ1) is 12.8. The molecule has 1 fully saturated rings. The number of ketones is 1. The molecule has 6 nitrogen and oxygen atoms in total. The topological polar surface area (TPSA) is 77.6 Å². The van der Waals surface area contributed by atoms with Crippen LogP contribution in [0.25, 0.3) is 0 Å².